The molecule has 1 aliphatic heterocycles. The molecule has 1 aromatic carbocycles. The highest BCUT2D eigenvalue weighted by atomic mass is 32.1. The summed E-state index contributed by atoms with van der Waals surface area (Å²) in [6, 6.07) is 8.31. The fourth-order valence-corrected chi connectivity index (χ4v) is 3.29. The number of hydrogen-bond donors (Lipinski definition) is 3. The smallest absolute Gasteiger partial charge is 0.310 e. The topological polar surface area (TPSA) is 137 Å². The summed E-state index contributed by atoms with van der Waals surface area (Å²) in [6.45, 7) is 1.38. The number of fused-ring (bicyclic) bond motifs is 1. The van der Waals surface area contributed by atoms with Gasteiger partial charge in [-0.1, -0.05) is 12.1 Å². The fraction of sp³-hybridized carbons (Fsp3) is 0.222. The number of para-hydroxylation sites is 2. The molecular weight excluding hydrogens is 386 g/mol. The van der Waals surface area contributed by atoms with Gasteiger partial charge in [0.25, 0.3) is 17.7 Å². The molecule has 10 heteroatoms. The van der Waals surface area contributed by atoms with Gasteiger partial charge in [0.05, 0.1) is 17.7 Å². The molecule has 0 bridgehead atoms. The van der Waals surface area contributed by atoms with E-state index < -0.39 is 35.9 Å². The largest absolute Gasteiger partial charge is 0.478 e. The maximum atomic E-state index is 12.2. The zero-order valence-corrected chi connectivity index (χ0v) is 15.6. The van der Waals surface area contributed by atoms with Crippen LogP contribution >= 0.6 is 11.3 Å². The van der Waals surface area contributed by atoms with E-state index in [4.69, 9.17) is 15.2 Å². The van der Waals surface area contributed by atoms with Crippen molar-refractivity contribution >= 4 is 45.7 Å². The molecule has 0 unspecified atom stereocenters. The summed E-state index contributed by atoms with van der Waals surface area (Å²) in [5.41, 5.74) is 5.91. The molecule has 0 saturated carbocycles. The number of ether oxygens (including phenoxy) is 2. The predicted octanol–water partition coefficient (Wildman–Crippen LogP) is 1.51. The van der Waals surface area contributed by atoms with Crippen molar-refractivity contribution in [3.05, 3.63) is 41.3 Å². The highest BCUT2D eigenvalue weighted by molar-refractivity contribution is 7.14. The average molecular weight is 403 g/mol. The van der Waals surface area contributed by atoms with Gasteiger partial charge in [-0.3, -0.25) is 19.2 Å². The summed E-state index contributed by atoms with van der Waals surface area (Å²) in [5.74, 6) is -2.11. The number of primary amides is 1. The second-order valence-corrected chi connectivity index (χ2v) is 6.86. The summed E-state index contributed by atoms with van der Waals surface area (Å²) in [7, 11) is 0. The van der Waals surface area contributed by atoms with E-state index in [0.29, 0.717) is 11.4 Å². The molecule has 9 nitrogen and oxygen atoms in total. The maximum absolute atomic E-state index is 12.2. The van der Waals surface area contributed by atoms with E-state index in [-0.39, 0.29) is 17.0 Å². The lowest BCUT2D eigenvalue weighted by Crippen LogP contribution is -2.40. The van der Waals surface area contributed by atoms with Crippen LogP contribution in [0.1, 0.15) is 23.7 Å². The van der Waals surface area contributed by atoms with Gasteiger partial charge in [-0.2, -0.15) is 0 Å². The number of carbonyl (C=O) groups excluding carboxylic acids is 4. The molecule has 2 atom stereocenters. The van der Waals surface area contributed by atoms with Crippen LogP contribution in [0.25, 0.3) is 0 Å². The average Bonchev–Trinajstić information content (AvgIpc) is 3.10. The molecule has 3 amide bonds. The Morgan fingerprint density at radius 1 is 1.32 bits per heavy atom. The monoisotopic (exact) mass is 403 g/mol. The summed E-state index contributed by atoms with van der Waals surface area (Å²) in [5, 5.41) is 7.01. The van der Waals surface area contributed by atoms with Crippen LogP contribution in [0.3, 0.4) is 0 Å². The van der Waals surface area contributed by atoms with Crippen LogP contribution in [-0.2, 0) is 19.1 Å². The Kier molecular flexibility index (Phi) is 5.59. The van der Waals surface area contributed by atoms with Gasteiger partial charge in [-0.25, -0.2) is 0 Å². The zero-order chi connectivity index (χ0) is 20.3. The third-order valence-electron chi connectivity index (χ3n) is 3.90. The second kappa shape index (κ2) is 8.09. The van der Waals surface area contributed by atoms with E-state index in [0.717, 1.165) is 11.3 Å². The van der Waals surface area contributed by atoms with E-state index in [1.807, 2.05) is 0 Å². The number of rotatable bonds is 6. The van der Waals surface area contributed by atoms with Gasteiger partial charge in [0.15, 0.2) is 12.2 Å². The van der Waals surface area contributed by atoms with E-state index in [9.17, 15) is 19.2 Å². The Bertz CT molecular complexity index is 941. The van der Waals surface area contributed by atoms with Crippen LogP contribution in [-0.4, -0.2) is 35.9 Å². The quantitative estimate of drug-likeness (QED) is 0.625. The number of amides is 3. The molecule has 0 aliphatic carbocycles. The molecular formula is C18H17N3O6S. The number of hydrogen-bond acceptors (Lipinski definition) is 7. The van der Waals surface area contributed by atoms with E-state index in [1.54, 1.807) is 29.6 Å². The summed E-state index contributed by atoms with van der Waals surface area (Å²) >= 11 is 1.12. The van der Waals surface area contributed by atoms with E-state index in [2.05, 4.69) is 10.6 Å². The van der Waals surface area contributed by atoms with Gasteiger partial charge in [-0.05, 0) is 30.5 Å². The minimum atomic E-state index is -1.14. The molecule has 3 rings (SSSR count). The second-order valence-electron chi connectivity index (χ2n) is 5.95. The summed E-state index contributed by atoms with van der Waals surface area (Å²) in [6.07, 6.45) is -2.56. The zero-order valence-electron chi connectivity index (χ0n) is 14.8. The fourth-order valence-electron chi connectivity index (χ4n) is 2.49. The number of anilines is 2. The van der Waals surface area contributed by atoms with Crippen LogP contribution in [0, 0.1) is 0 Å². The molecule has 1 aromatic heterocycles. The van der Waals surface area contributed by atoms with Gasteiger partial charge in [-0.15, -0.1) is 11.3 Å². The maximum Gasteiger partial charge on any atom is 0.310 e. The van der Waals surface area contributed by atoms with Crippen molar-refractivity contribution in [3.63, 3.8) is 0 Å². The molecule has 2 aromatic rings. The third kappa shape index (κ3) is 4.29. The van der Waals surface area contributed by atoms with Gasteiger partial charge in [0.2, 0.25) is 0 Å². The Morgan fingerprint density at radius 2 is 2.07 bits per heavy atom. The Labute approximate surface area is 163 Å². The first-order valence-electron chi connectivity index (χ1n) is 8.29. The van der Waals surface area contributed by atoms with Gasteiger partial charge in [0, 0.05) is 0 Å². The van der Waals surface area contributed by atoms with Crippen LogP contribution in [0.15, 0.2) is 35.7 Å². The lowest BCUT2D eigenvalue weighted by atomic mass is 10.1. The van der Waals surface area contributed by atoms with Crippen molar-refractivity contribution in [1.29, 1.82) is 0 Å². The number of carbonyl (C=O) groups is 4. The van der Waals surface area contributed by atoms with Gasteiger partial charge in [0.1, 0.15) is 10.8 Å². The van der Waals surface area contributed by atoms with Crippen LogP contribution in [0.2, 0.25) is 0 Å². The third-order valence-corrected chi connectivity index (χ3v) is 4.73. The number of benzene rings is 1. The molecule has 0 saturated heterocycles. The SMILES string of the molecule is C[C@H](OC(=O)C[C@H]1Oc2ccccc2NC1=O)C(=O)Nc1sccc1C(N)=O. The normalized spacial score (nSPS) is 16.2. The lowest BCUT2D eigenvalue weighted by Gasteiger charge is -2.25. The standard InChI is InChI=1S/C18H17N3O6S/c1-9(16(24)21-18-10(15(19)23)6-7-28-18)26-14(22)8-13-17(25)20-11-4-2-3-5-12(11)27-13/h2-7,9,13H,8H2,1H3,(H2,19,23)(H,20,25)(H,21,24)/t9-,13+/m0/s1. The first kappa shape index (κ1) is 19.4. The van der Waals surface area contributed by atoms with E-state index in [1.165, 1.54) is 13.0 Å². The lowest BCUT2D eigenvalue weighted by molar-refractivity contribution is -0.155. The molecule has 28 heavy (non-hydrogen) atoms. The van der Waals surface area contributed by atoms with Crippen molar-refractivity contribution in [3.8, 4) is 5.75 Å². The van der Waals surface area contributed by atoms with Gasteiger partial charge < -0.3 is 25.8 Å². The molecule has 146 valence electrons. The molecule has 0 fully saturated rings. The first-order chi connectivity index (χ1) is 13.3. The highest BCUT2D eigenvalue weighted by Gasteiger charge is 2.31. The predicted molar refractivity (Wildman–Crippen MR) is 101 cm³/mol. The summed E-state index contributed by atoms with van der Waals surface area (Å²) < 4.78 is 10.6. The highest BCUT2D eigenvalue weighted by Crippen LogP contribution is 2.29. The number of esters is 1. The van der Waals surface area contributed by atoms with Crippen molar-refractivity contribution in [2.24, 2.45) is 5.73 Å². The van der Waals surface area contributed by atoms with Crippen LogP contribution in [0.5, 0.6) is 5.75 Å². The van der Waals surface area contributed by atoms with Crippen LogP contribution < -0.4 is 21.1 Å². The number of nitrogens with one attached hydrogen (secondary N) is 2. The minimum Gasteiger partial charge on any atom is -0.478 e. The van der Waals surface area contributed by atoms with Crippen molar-refractivity contribution in [2.45, 2.75) is 25.6 Å². The number of nitrogens with two attached hydrogens (primary N) is 1. The Hall–Kier alpha value is -3.40. The van der Waals surface area contributed by atoms with Crippen LogP contribution in [0.4, 0.5) is 10.7 Å². The van der Waals surface area contributed by atoms with Crippen molar-refractivity contribution in [2.75, 3.05) is 10.6 Å². The molecule has 4 N–H and O–H groups in total. The molecule has 0 radical (unpaired) electrons. The molecule has 1 aliphatic rings. The minimum absolute atomic E-state index is 0.169. The summed E-state index contributed by atoms with van der Waals surface area (Å²) in [4.78, 5) is 47.7. The number of thiophene rings is 1. The van der Waals surface area contributed by atoms with Crippen molar-refractivity contribution < 1.29 is 28.7 Å². The Morgan fingerprint density at radius 3 is 2.82 bits per heavy atom. The van der Waals surface area contributed by atoms with E-state index >= 15 is 0 Å². The Balaban J connectivity index is 1.55. The molecule has 2 heterocycles. The first-order valence-corrected chi connectivity index (χ1v) is 9.17. The van der Waals surface area contributed by atoms with Crippen molar-refractivity contribution in [1.82, 2.24) is 0 Å². The molecule has 0 spiro atoms. The van der Waals surface area contributed by atoms with Gasteiger partial charge >= 0.3 is 5.97 Å².